The second-order valence-electron chi connectivity index (χ2n) is 14.1. The zero-order chi connectivity index (χ0) is 31.1. The predicted octanol–water partition coefficient (Wildman–Crippen LogP) is 4.76. The fourth-order valence-corrected chi connectivity index (χ4v) is 7.72. The van der Waals surface area contributed by atoms with E-state index in [2.05, 4.69) is 29.0 Å². The minimum Gasteiger partial charge on any atom is -0.508 e. The number of amides is 1. The molecule has 3 heterocycles. The van der Waals surface area contributed by atoms with Crippen LogP contribution in [-0.4, -0.2) is 88.5 Å². The van der Waals surface area contributed by atoms with Gasteiger partial charge in [0.2, 0.25) is 0 Å². The Hall–Kier alpha value is -3.58. The van der Waals surface area contributed by atoms with Crippen LogP contribution in [0.25, 0.3) is 0 Å². The number of aryl methyl sites for hydroxylation is 1. The number of likely N-dealkylation sites (N-methyl/N-ethyl adjacent to an activating group) is 1. The van der Waals surface area contributed by atoms with Gasteiger partial charge in [-0.3, -0.25) is 0 Å². The highest BCUT2D eigenvalue weighted by atomic mass is 16.6. The number of nitriles is 1. The van der Waals surface area contributed by atoms with Crippen LogP contribution in [0.3, 0.4) is 0 Å². The Morgan fingerprint density at radius 3 is 2.73 bits per heavy atom. The molecule has 4 aliphatic rings. The molecule has 10 nitrogen and oxygen atoms in total. The molecular formula is C34H46N6O4. The number of rotatable bonds is 5. The zero-order valence-electron chi connectivity index (χ0n) is 26.6. The van der Waals surface area contributed by atoms with E-state index in [4.69, 9.17) is 19.4 Å². The Bertz CT molecular complexity index is 1430. The van der Waals surface area contributed by atoms with Crippen molar-refractivity contribution in [2.24, 2.45) is 0 Å². The number of fused-ring (bicyclic) bond motifs is 3. The highest BCUT2D eigenvalue weighted by Crippen LogP contribution is 2.48. The second kappa shape index (κ2) is 12.1. The van der Waals surface area contributed by atoms with Gasteiger partial charge >= 0.3 is 12.1 Å². The molecule has 44 heavy (non-hydrogen) atoms. The molecular weight excluding hydrogens is 556 g/mol. The maximum atomic E-state index is 13.1. The standard InChI is InChI=1S/C34H46N6O4/c1-33(2,3)44-32(42)40-18-17-39(21-24(40)12-15-35)30-27-11-14-34(13-5-7-23-9-10-26(41)19-28(23)34)20-29(27)36-31(37-30)43-22-25-8-6-16-38(25)4/h9-10,19,24-25,41H,5-8,11-14,16-18,20-22H2,1-4H3/t24-,25-,34?/m0/s1. The summed E-state index contributed by atoms with van der Waals surface area (Å²) in [4.78, 5) is 29.4. The van der Waals surface area contributed by atoms with Crippen LogP contribution in [0.1, 0.15) is 81.7 Å². The van der Waals surface area contributed by atoms with E-state index in [-0.39, 0.29) is 24.0 Å². The summed E-state index contributed by atoms with van der Waals surface area (Å²) in [6, 6.07) is 8.56. The number of phenols is 1. The molecule has 6 rings (SSSR count). The van der Waals surface area contributed by atoms with Gasteiger partial charge in [-0.25, -0.2) is 4.79 Å². The minimum absolute atomic E-state index is 0.0767. The van der Waals surface area contributed by atoms with E-state index in [0.29, 0.717) is 44.0 Å². The SMILES string of the molecule is CN1CCC[C@H]1COc1nc2c(c(N3CCN(C(=O)OC(C)(C)C)[C@@H](CC#N)C3)n1)CCC1(CCCc3ccc(O)cc31)C2. The first-order chi connectivity index (χ1) is 21.0. The van der Waals surface area contributed by atoms with Crippen LogP contribution in [-0.2, 0) is 29.4 Å². The summed E-state index contributed by atoms with van der Waals surface area (Å²) in [7, 11) is 2.14. The third kappa shape index (κ3) is 6.16. The van der Waals surface area contributed by atoms with E-state index < -0.39 is 5.60 Å². The molecule has 236 valence electrons. The topological polar surface area (TPSA) is 115 Å². The van der Waals surface area contributed by atoms with Crippen molar-refractivity contribution in [2.45, 2.75) is 102 Å². The summed E-state index contributed by atoms with van der Waals surface area (Å²) in [5.74, 6) is 1.17. The molecule has 1 aromatic heterocycles. The fourth-order valence-electron chi connectivity index (χ4n) is 7.72. The number of aromatic nitrogens is 2. The summed E-state index contributed by atoms with van der Waals surface area (Å²) < 4.78 is 12.0. The number of benzene rings is 1. The van der Waals surface area contributed by atoms with Gasteiger partial charge in [0.05, 0.1) is 24.2 Å². The Kier molecular flexibility index (Phi) is 8.35. The molecule has 0 saturated carbocycles. The molecule has 3 atom stereocenters. The molecule has 1 aromatic carbocycles. The molecule has 0 radical (unpaired) electrons. The van der Waals surface area contributed by atoms with Crippen LogP contribution in [0, 0.1) is 11.3 Å². The predicted molar refractivity (Wildman–Crippen MR) is 167 cm³/mol. The van der Waals surface area contributed by atoms with Gasteiger partial charge in [0.15, 0.2) is 0 Å². The normalized spacial score (nSPS) is 25.3. The van der Waals surface area contributed by atoms with E-state index in [9.17, 15) is 15.2 Å². The molecule has 2 aliphatic carbocycles. The Labute approximate surface area is 261 Å². The lowest BCUT2D eigenvalue weighted by atomic mass is 9.62. The Balaban J connectivity index is 1.32. The highest BCUT2D eigenvalue weighted by molar-refractivity contribution is 5.69. The van der Waals surface area contributed by atoms with Gasteiger partial charge in [-0.2, -0.15) is 15.2 Å². The van der Waals surface area contributed by atoms with Crippen molar-refractivity contribution >= 4 is 11.9 Å². The Morgan fingerprint density at radius 2 is 1.98 bits per heavy atom. The van der Waals surface area contributed by atoms with Crippen LogP contribution in [0.2, 0.25) is 0 Å². The monoisotopic (exact) mass is 602 g/mol. The number of carbonyl (C=O) groups is 1. The molecule has 1 spiro atoms. The number of hydrogen-bond donors (Lipinski definition) is 1. The van der Waals surface area contributed by atoms with Crippen LogP contribution >= 0.6 is 0 Å². The van der Waals surface area contributed by atoms with E-state index >= 15 is 0 Å². The molecule has 0 bridgehead atoms. The molecule has 10 heteroatoms. The van der Waals surface area contributed by atoms with Gasteiger partial charge in [0.25, 0.3) is 0 Å². The van der Waals surface area contributed by atoms with Crippen molar-refractivity contribution in [2.75, 3.05) is 44.7 Å². The molecule has 1 amide bonds. The number of phenolic OH excluding ortho intramolecular Hbond substituents is 1. The molecule has 1 N–H and O–H groups in total. The number of aromatic hydroxyl groups is 1. The number of carbonyl (C=O) groups excluding carboxylic acids is 1. The van der Waals surface area contributed by atoms with Gasteiger partial charge < -0.3 is 29.3 Å². The van der Waals surface area contributed by atoms with Crippen molar-refractivity contribution in [3.63, 3.8) is 0 Å². The van der Waals surface area contributed by atoms with Gasteiger partial charge in [0.1, 0.15) is 23.8 Å². The van der Waals surface area contributed by atoms with Crippen molar-refractivity contribution in [1.82, 2.24) is 19.8 Å². The maximum Gasteiger partial charge on any atom is 0.410 e. The second-order valence-corrected chi connectivity index (χ2v) is 14.1. The number of ether oxygens (including phenoxy) is 2. The van der Waals surface area contributed by atoms with Gasteiger partial charge in [0, 0.05) is 36.7 Å². The van der Waals surface area contributed by atoms with E-state index in [0.717, 1.165) is 75.0 Å². The molecule has 2 fully saturated rings. The first-order valence-electron chi connectivity index (χ1n) is 16.2. The molecule has 1 unspecified atom stereocenters. The smallest absolute Gasteiger partial charge is 0.410 e. The van der Waals surface area contributed by atoms with Crippen molar-refractivity contribution in [3.8, 4) is 17.8 Å². The summed E-state index contributed by atoms with van der Waals surface area (Å²) in [6.45, 7) is 8.70. The van der Waals surface area contributed by atoms with Crippen LogP contribution < -0.4 is 9.64 Å². The molecule has 2 saturated heterocycles. The minimum atomic E-state index is -0.610. The Morgan fingerprint density at radius 1 is 1.14 bits per heavy atom. The zero-order valence-corrected chi connectivity index (χ0v) is 26.6. The van der Waals surface area contributed by atoms with Crippen LogP contribution in [0.4, 0.5) is 10.6 Å². The average molecular weight is 603 g/mol. The molecule has 2 aliphatic heterocycles. The van der Waals surface area contributed by atoms with Crippen molar-refractivity contribution < 1.29 is 19.4 Å². The summed E-state index contributed by atoms with van der Waals surface area (Å²) in [6.07, 6.45) is 7.85. The summed E-state index contributed by atoms with van der Waals surface area (Å²) in [5.41, 5.74) is 4.04. The third-order valence-electron chi connectivity index (χ3n) is 9.99. The lowest BCUT2D eigenvalue weighted by Gasteiger charge is -2.45. The van der Waals surface area contributed by atoms with E-state index in [1.807, 2.05) is 26.8 Å². The first-order valence-corrected chi connectivity index (χ1v) is 16.2. The molecule has 2 aromatic rings. The number of nitrogens with zero attached hydrogens (tertiary/aromatic N) is 6. The lowest BCUT2D eigenvalue weighted by molar-refractivity contribution is 0.0144. The van der Waals surface area contributed by atoms with Gasteiger partial charge in [-0.15, -0.1) is 0 Å². The highest BCUT2D eigenvalue weighted by Gasteiger charge is 2.43. The maximum absolute atomic E-state index is 13.1. The number of likely N-dealkylation sites (tertiary alicyclic amines) is 1. The number of anilines is 1. The summed E-state index contributed by atoms with van der Waals surface area (Å²) in [5, 5.41) is 20.1. The lowest BCUT2D eigenvalue weighted by Crippen LogP contribution is -2.56. The third-order valence-corrected chi connectivity index (χ3v) is 9.99. The average Bonchev–Trinajstić information content (AvgIpc) is 3.39. The largest absolute Gasteiger partial charge is 0.508 e. The van der Waals surface area contributed by atoms with Crippen molar-refractivity contribution in [3.05, 3.63) is 40.6 Å². The van der Waals surface area contributed by atoms with Gasteiger partial charge in [-0.05, 0) is 109 Å². The fraction of sp³-hybridized carbons (Fsp3) is 0.647. The van der Waals surface area contributed by atoms with Crippen LogP contribution in [0.15, 0.2) is 18.2 Å². The number of hydrogen-bond acceptors (Lipinski definition) is 9. The van der Waals surface area contributed by atoms with Crippen LogP contribution in [0.5, 0.6) is 11.8 Å². The van der Waals surface area contributed by atoms with Crippen molar-refractivity contribution in [1.29, 1.82) is 5.26 Å². The first kappa shape index (κ1) is 30.4. The number of piperazine rings is 1. The van der Waals surface area contributed by atoms with E-state index in [1.165, 1.54) is 11.1 Å². The summed E-state index contributed by atoms with van der Waals surface area (Å²) >= 11 is 0. The quantitative estimate of drug-likeness (QED) is 0.517. The van der Waals surface area contributed by atoms with Gasteiger partial charge in [-0.1, -0.05) is 6.07 Å². The van der Waals surface area contributed by atoms with E-state index in [1.54, 1.807) is 11.0 Å².